The first-order valence-corrected chi connectivity index (χ1v) is 4.77. The summed E-state index contributed by atoms with van der Waals surface area (Å²) >= 11 is 5.84. The van der Waals surface area contributed by atoms with Crippen molar-refractivity contribution in [2.45, 2.75) is 31.2 Å². The highest BCUT2D eigenvalue weighted by molar-refractivity contribution is 6.43. The number of hydrogen-bond donors (Lipinski definition) is 0. The molecule has 0 spiro atoms. The Morgan fingerprint density at radius 3 is 2.77 bits per heavy atom. The summed E-state index contributed by atoms with van der Waals surface area (Å²) in [6.07, 6.45) is 1.13. The van der Waals surface area contributed by atoms with Crippen LogP contribution in [-0.2, 0) is 9.59 Å². The minimum atomic E-state index is -0.613. The first kappa shape index (κ1) is 8.88. The maximum Gasteiger partial charge on any atom is 0.153 e. The van der Waals surface area contributed by atoms with Gasteiger partial charge in [0.05, 0.1) is 6.04 Å². The summed E-state index contributed by atoms with van der Waals surface area (Å²) in [5, 5.41) is -0.613. The number of hydrogen-bond acceptors (Lipinski definition) is 3. The Morgan fingerprint density at radius 2 is 2.31 bits per heavy atom. The number of carbonyl (C=O) groups excluding carboxylic acids is 2. The Bertz CT molecular complexity index is 311. The van der Waals surface area contributed by atoms with Crippen LogP contribution in [0.3, 0.4) is 0 Å². The summed E-state index contributed by atoms with van der Waals surface area (Å²) in [5.41, 5.74) is 0.704. The predicted octanol–water partition coefficient (Wildman–Crippen LogP) is 0.985. The fourth-order valence-electron chi connectivity index (χ4n) is 1.83. The fraction of sp³-hybridized carbons (Fsp3) is 0.667. The Kier molecular flexibility index (Phi) is 1.99. The number of fused-ring (bicyclic) bond motifs is 1. The molecule has 0 aromatic carbocycles. The van der Waals surface area contributed by atoms with E-state index in [1.165, 1.54) is 6.92 Å². The highest BCUT2D eigenvalue weighted by Gasteiger charge is 2.45. The maximum atomic E-state index is 11.0. The van der Waals surface area contributed by atoms with Gasteiger partial charge < -0.3 is 0 Å². The van der Waals surface area contributed by atoms with Crippen molar-refractivity contribution in [3.8, 4) is 0 Å². The van der Waals surface area contributed by atoms with Crippen LogP contribution in [0.1, 0.15) is 19.8 Å². The lowest BCUT2D eigenvalue weighted by atomic mass is 9.78. The average molecular weight is 200 g/mol. The lowest BCUT2D eigenvalue weighted by Crippen LogP contribution is -2.37. The molecule has 2 aliphatic rings. The van der Waals surface area contributed by atoms with Crippen LogP contribution >= 0.6 is 11.6 Å². The lowest BCUT2D eigenvalue weighted by Gasteiger charge is -2.25. The molecule has 0 saturated heterocycles. The average Bonchev–Trinajstić information content (AvgIpc) is 2.41. The van der Waals surface area contributed by atoms with E-state index in [0.29, 0.717) is 18.6 Å². The van der Waals surface area contributed by atoms with E-state index in [2.05, 4.69) is 4.99 Å². The second-order valence-electron chi connectivity index (χ2n) is 3.64. The van der Waals surface area contributed by atoms with Crippen LogP contribution in [0.15, 0.2) is 4.99 Å². The number of nitrogens with zero attached hydrogens (tertiary/aromatic N) is 1. The number of aliphatic imine (C=N–C) groups is 1. The van der Waals surface area contributed by atoms with Gasteiger partial charge in [-0.2, -0.15) is 0 Å². The van der Waals surface area contributed by atoms with Gasteiger partial charge in [-0.3, -0.25) is 14.6 Å². The largest absolute Gasteiger partial charge is 0.299 e. The molecule has 1 aliphatic heterocycles. The highest BCUT2D eigenvalue weighted by atomic mass is 35.5. The molecule has 4 heteroatoms. The van der Waals surface area contributed by atoms with Crippen molar-refractivity contribution in [2.75, 3.05) is 0 Å². The topological polar surface area (TPSA) is 46.5 Å². The summed E-state index contributed by atoms with van der Waals surface area (Å²) in [6.45, 7) is 1.45. The van der Waals surface area contributed by atoms with E-state index in [-0.39, 0.29) is 23.5 Å². The zero-order chi connectivity index (χ0) is 9.59. The molecule has 0 aromatic heterocycles. The molecule has 0 bridgehead atoms. The van der Waals surface area contributed by atoms with E-state index >= 15 is 0 Å². The normalized spacial score (nSPS) is 33.4. The third-order valence-corrected chi connectivity index (χ3v) is 3.26. The van der Waals surface area contributed by atoms with Crippen LogP contribution in [0.4, 0.5) is 0 Å². The van der Waals surface area contributed by atoms with E-state index in [4.69, 9.17) is 11.6 Å². The van der Waals surface area contributed by atoms with Gasteiger partial charge in [-0.15, -0.1) is 11.6 Å². The van der Waals surface area contributed by atoms with Gasteiger partial charge in [0.25, 0.3) is 0 Å². The third-order valence-electron chi connectivity index (χ3n) is 2.70. The lowest BCUT2D eigenvalue weighted by molar-refractivity contribution is -0.129. The van der Waals surface area contributed by atoms with Gasteiger partial charge in [0.2, 0.25) is 0 Å². The molecule has 1 fully saturated rings. The quantitative estimate of drug-likeness (QED) is 0.623. The summed E-state index contributed by atoms with van der Waals surface area (Å²) in [7, 11) is 0. The van der Waals surface area contributed by atoms with Crippen molar-refractivity contribution in [1.29, 1.82) is 0 Å². The number of ketones is 2. The number of carbonyl (C=O) groups is 2. The first-order chi connectivity index (χ1) is 6.09. The Labute approximate surface area is 81.2 Å². The van der Waals surface area contributed by atoms with E-state index in [1.54, 1.807) is 0 Å². The van der Waals surface area contributed by atoms with Crippen molar-refractivity contribution in [3.63, 3.8) is 0 Å². The number of alkyl halides is 1. The van der Waals surface area contributed by atoms with Gasteiger partial charge in [-0.1, -0.05) is 0 Å². The SMILES string of the molecule is CC(=O)C(Cl)C1=NC2CC(=O)C2C1. The van der Waals surface area contributed by atoms with Crippen LogP contribution in [0.2, 0.25) is 0 Å². The van der Waals surface area contributed by atoms with E-state index in [0.717, 1.165) is 0 Å². The van der Waals surface area contributed by atoms with Gasteiger partial charge in [-0.25, -0.2) is 0 Å². The minimum absolute atomic E-state index is 0.0376. The fourth-order valence-corrected chi connectivity index (χ4v) is 1.98. The van der Waals surface area contributed by atoms with Gasteiger partial charge in [0.1, 0.15) is 11.2 Å². The molecule has 0 aromatic rings. The van der Waals surface area contributed by atoms with Gasteiger partial charge >= 0.3 is 0 Å². The maximum absolute atomic E-state index is 11.0. The van der Waals surface area contributed by atoms with Crippen LogP contribution < -0.4 is 0 Å². The predicted molar refractivity (Wildman–Crippen MR) is 49.3 cm³/mol. The molecule has 0 radical (unpaired) electrons. The zero-order valence-electron chi connectivity index (χ0n) is 7.29. The second-order valence-corrected chi connectivity index (χ2v) is 4.08. The van der Waals surface area contributed by atoms with E-state index < -0.39 is 5.38 Å². The van der Waals surface area contributed by atoms with Gasteiger partial charge in [0, 0.05) is 18.1 Å². The molecule has 1 aliphatic carbocycles. The summed E-state index contributed by atoms with van der Waals surface area (Å²) in [6, 6.07) is 0.128. The first-order valence-electron chi connectivity index (χ1n) is 4.33. The van der Waals surface area contributed by atoms with E-state index in [1.807, 2.05) is 0 Å². The summed E-state index contributed by atoms with van der Waals surface area (Å²) < 4.78 is 0. The third kappa shape index (κ3) is 1.31. The Balaban J connectivity index is 2.08. The van der Waals surface area contributed by atoms with Crippen LogP contribution in [0, 0.1) is 5.92 Å². The van der Waals surface area contributed by atoms with Gasteiger partial charge in [0.15, 0.2) is 5.78 Å². The molecule has 0 amide bonds. The minimum Gasteiger partial charge on any atom is -0.299 e. The van der Waals surface area contributed by atoms with E-state index in [9.17, 15) is 9.59 Å². The smallest absolute Gasteiger partial charge is 0.153 e. The molecule has 13 heavy (non-hydrogen) atoms. The second kappa shape index (κ2) is 2.91. The molecule has 3 nitrogen and oxygen atoms in total. The van der Waals surface area contributed by atoms with Crippen molar-refractivity contribution in [3.05, 3.63) is 0 Å². The number of Topliss-reactive ketones (excluding diaryl/α,β-unsaturated/α-hetero) is 2. The molecule has 0 N–H and O–H groups in total. The van der Waals surface area contributed by atoms with Crippen molar-refractivity contribution >= 4 is 28.9 Å². The monoisotopic (exact) mass is 199 g/mol. The van der Waals surface area contributed by atoms with Crippen LogP contribution in [0.5, 0.6) is 0 Å². The van der Waals surface area contributed by atoms with Gasteiger partial charge in [-0.05, 0) is 13.3 Å². The molecule has 1 heterocycles. The highest BCUT2D eigenvalue weighted by Crippen LogP contribution is 2.36. The molecular weight excluding hydrogens is 190 g/mol. The van der Waals surface area contributed by atoms with Crippen LogP contribution in [0.25, 0.3) is 0 Å². The molecule has 3 unspecified atom stereocenters. The Hall–Kier alpha value is -0.700. The Morgan fingerprint density at radius 1 is 1.62 bits per heavy atom. The summed E-state index contributed by atoms with van der Waals surface area (Å²) in [5.74, 6) is 0.209. The molecular formula is C9H10ClNO2. The molecule has 1 saturated carbocycles. The summed E-state index contributed by atoms with van der Waals surface area (Å²) in [4.78, 5) is 26.3. The molecule has 70 valence electrons. The van der Waals surface area contributed by atoms with Crippen molar-refractivity contribution in [1.82, 2.24) is 0 Å². The molecule has 3 atom stereocenters. The number of rotatable bonds is 2. The van der Waals surface area contributed by atoms with Crippen molar-refractivity contribution < 1.29 is 9.59 Å². The number of halogens is 1. The molecule has 2 rings (SSSR count). The van der Waals surface area contributed by atoms with Crippen molar-refractivity contribution in [2.24, 2.45) is 10.9 Å². The standard InChI is InChI=1S/C9H10ClNO2/c1-4(12)9(10)7-2-5-6(11-7)3-8(5)13/h5-6,9H,2-3H2,1H3. The zero-order valence-corrected chi connectivity index (χ0v) is 8.04. The van der Waals surface area contributed by atoms with Crippen LogP contribution in [-0.4, -0.2) is 28.7 Å².